The predicted molar refractivity (Wildman–Crippen MR) is 78.7 cm³/mol. The number of ether oxygens (including phenoxy) is 2. The van der Waals surface area contributed by atoms with Gasteiger partial charge in [-0.3, -0.25) is 9.78 Å². The van der Waals surface area contributed by atoms with E-state index in [0.29, 0.717) is 19.0 Å². The second-order valence-electron chi connectivity index (χ2n) is 4.89. The van der Waals surface area contributed by atoms with Crippen LogP contribution in [0.3, 0.4) is 0 Å². The fourth-order valence-corrected chi connectivity index (χ4v) is 2.21. The van der Waals surface area contributed by atoms with Crippen LogP contribution < -0.4 is 14.8 Å². The number of carbonyl (C=O) groups excluding carboxylic acids is 1. The van der Waals surface area contributed by atoms with E-state index >= 15 is 0 Å². The third kappa shape index (κ3) is 3.31. The van der Waals surface area contributed by atoms with Crippen molar-refractivity contribution in [2.75, 3.05) is 18.5 Å². The van der Waals surface area contributed by atoms with Gasteiger partial charge in [-0.05, 0) is 36.8 Å². The summed E-state index contributed by atoms with van der Waals surface area (Å²) in [6.07, 6.45) is 1.97. The lowest BCUT2D eigenvalue weighted by Crippen LogP contribution is -2.17. The number of anilines is 1. The number of hydrogen-bond donors (Lipinski definition) is 1. The summed E-state index contributed by atoms with van der Waals surface area (Å²) in [4.78, 5) is 16.2. The van der Waals surface area contributed by atoms with Crippen LogP contribution in [-0.4, -0.2) is 24.1 Å². The first kappa shape index (κ1) is 13.4. The van der Waals surface area contributed by atoms with Gasteiger partial charge in [0.2, 0.25) is 5.91 Å². The molecule has 108 valence electrons. The van der Waals surface area contributed by atoms with Gasteiger partial charge in [-0.25, -0.2) is 0 Å². The van der Waals surface area contributed by atoms with E-state index in [0.717, 1.165) is 22.7 Å². The Bertz CT molecular complexity index is 670. The normalized spacial score (nSPS) is 12.8. The highest BCUT2D eigenvalue weighted by atomic mass is 16.6. The number of rotatable bonds is 3. The largest absolute Gasteiger partial charge is 0.486 e. The molecular weight excluding hydrogens is 268 g/mol. The van der Waals surface area contributed by atoms with E-state index in [-0.39, 0.29) is 12.3 Å². The first-order chi connectivity index (χ1) is 10.2. The molecule has 0 radical (unpaired) electrons. The summed E-state index contributed by atoms with van der Waals surface area (Å²) in [5.74, 6) is 1.36. The molecule has 0 atom stereocenters. The number of nitrogens with zero attached hydrogens (tertiary/aromatic N) is 1. The molecule has 0 spiro atoms. The van der Waals surface area contributed by atoms with Crippen molar-refractivity contribution in [1.29, 1.82) is 0 Å². The maximum absolute atomic E-state index is 12.1. The van der Waals surface area contributed by atoms with Gasteiger partial charge in [0.1, 0.15) is 13.2 Å². The van der Waals surface area contributed by atoms with Crippen LogP contribution in [0.2, 0.25) is 0 Å². The van der Waals surface area contributed by atoms with Crippen LogP contribution in [0.15, 0.2) is 36.5 Å². The lowest BCUT2D eigenvalue weighted by atomic mass is 10.1. The SMILES string of the molecule is Cc1cc(NC(=O)Cc2ccc3c(c2)OCCO3)ccn1. The first-order valence-corrected chi connectivity index (χ1v) is 6.82. The zero-order valence-electron chi connectivity index (χ0n) is 11.8. The summed E-state index contributed by atoms with van der Waals surface area (Å²) in [5.41, 5.74) is 2.51. The van der Waals surface area contributed by atoms with Crippen molar-refractivity contribution < 1.29 is 14.3 Å². The highest BCUT2D eigenvalue weighted by Gasteiger charge is 2.13. The van der Waals surface area contributed by atoms with Crippen molar-refractivity contribution >= 4 is 11.6 Å². The Hall–Kier alpha value is -2.56. The molecule has 1 aromatic carbocycles. The minimum Gasteiger partial charge on any atom is -0.486 e. The number of hydrogen-bond acceptors (Lipinski definition) is 4. The molecule has 3 rings (SSSR count). The van der Waals surface area contributed by atoms with Gasteiger partial charge in [0.05, 0.1) is 6.42 Å². The molecule has 0 saturated heterocycles. The number of aromatic nitrogens is 1. The number of nitrogens with one attached hydrogen (secondary N) is 1. The average Bonchev–Trinajstić information content (AvgIpc) is 2.47. The summed E-state index contributed by atoms with van der Waals surface area (Å²) < 4.78 is 11.0. The van der Waals surface area contributed by atoms with E-state index in [1.54, 1.807) is 12.3 Å². The van der Waals surface area contributed by atoms with Gasteiger partial charge in [-0.2, -0.15) is 0 Å². The smallest absolute Gasteiger partial charge is 0.228 e. The lowest BCUT2D eigenvalue weighted by Gasteiger charge is -2.18. The molecule has 1 aliphatic rings. The summed E-state index contributed by atoms with van der Waals surface area (Å²) in [6.45, 7) is 2.99. The number of fused-ring (bicyclic) bond motifs is 1. The zero-order chi connectivity index (χ0) is 14.7. The van der Waals surface area contributed by atoms with E-state index in [4.69, 9.17) is 9.47 Å². The predicted octanol–water partition coefficient (Wildman–Crippen LogP) is 2.34. The van der Waals surface area contributed by atoms with Gasteiger partial charge >= 0.3 is 0 Å². The minimum absolute atomic E-state index is 0.0720. The van der Waals surface area contributed by atoms with Crippen LogP contribution >= 0.6 is 0 Å². The zero-order valence-corrected chi connectivity index (χ0v) is 11.8. The fourth-order valence-electron chi connectivity index (χ4n) is 2.21. The van der Waals surface area contributed by atoms with Crippen LogP contribution in [0.4, 0.5) is 5.69 Å². The number of benzene rings is 1. The number of pyridine rings is 1. The molecule has 1 aliphatic heterocycles. The third-order valence-corrected chi connectivity index (χ3v) is 3.15. The monoisotopic (exact) mass is 284 g/mol. The Labute approximate surface area is 122 Å². The van der Waals surface area contributed by atoms with E-state index in [9.17, 15) is 4.79 Å². The maximum atomic E-state index is 12.1. The summed E-state index contributed by atoms with van der Waals surface area (Å²) in [5, 5.41) is 2.86. The lowest BCUT2D eigenvalue weighted by molar-refractivity contribution is -0.115. The first-order valence-electron chi connectivity index (χ1n) is 6.82. The quantitative estimate of drug-likeness (QED) is 0.939. The number of aryl methyl sites for hydroxylation is 1. The van der Waals surface area contributed by atoms with Crippen molar-refractivity contribution in [1.82, 2.24) is 4.98 Å². The molecule has 2 heterocycles. The highest BCUT2D eigenvalue weighted by Crippen LogP contribution is 2.30. The molecule has 0 bridgehead atoms. The van der Waals surface area contributed by atoms with Crippen molar-refractivity contribution in [3.8, 4) is 11.5 Å². The molecule has 0 fully saturated rings. The molecule has 0 unspecified atom stereocenters. The topological polar surface area (TPSA) is 60.5 Å². The van der Waals surface area contributed by atoms with Gasteiger partial charge in [0.25, 0.3) is 0 Å². The van der Waals surface area contributed by atoms with E-state index in [2.05, 4.69) is 10.3 Å². The molecule has 0 aliphatic carbocycles. The Morgan fingerprint density at radius 1 is 1.19 bits per heavy atom. The Kier molecular flexibility index (Phi) is 3.73. The van der Waals surface area contributed by atoms with Gasteiger partial charge in [-0.15, -0.1) is 0 Å². The van der Waals surface area contributed by atoms with Crippen molar-refractivity contribution in [2.24, 2.45) is 0 Å². The molecular formula is C16H16N2O3. The average molecular weight is 284 g/mol. The molecule has 1 aromatic heterocycles. The van der Waals surface area contributed by atoms with Gasteiger partial charge < -0.3 is 14.8 Å². The van der Waals surface area contributed by atoms with Crippen LogP contribution in [0.25, 0.3) is 0 Å². The van der Waals surface area contributed by atoms with Crippen LogP contribution in [-0.2, 0) is 11.2 Å². The summed E-state index contributed by atoms with van der Waals surface area (Å²) in [6, 6.07) is 9.18. The highest BCUT2D eigenvalue weighted by molar-refractivity contribution is 5.92. The van der Waals surface area contributed by atoms with E-state index < -0.39 is 0 Å². The molecule has 1 amide bonds. The second kappa shape index (κ2) is 5.83. The van der Waals surface area contributed by atoms with E-state index in [1.165, 1.54) is 0 Å². The number of carbonyl (C=O) groups is 1. The molecule has 5 nitrogen and oxygen atoms in total. The molecule has 1 N–H and O–H groups in total. The Balaban J connectivity index is 1.67. The Morgan fingerprint density at radius 2 is 2.00 bits per heavy atom. The minimum atomic E-state index is -0.0720. The molecule has 21 heavy (non-hydrogen) atoms. The van der Waals surface area contributed by atoms with Gasteiger partial charge in [-0.1, -0.05) is 6.07 Å². The van der Waals surface area contributed by atoms with Crippen LogP contribution in [0, 0.1) is 6.92 Å². The Morgan fingerprint density at radius 3 is 2.81 bits per heavy atom. The molecule has 0 saturated carbocycles. The van der Waals surface area contributed by atoms with Crippen LogP contribution in [0.1, 0.15) is 11.3 Å². The van der Waals surface area contributed by atoms with Crippen molar-refractivity contribution in [2.45, 2.75) is 13.3 Å². The van der Waals surface area contributed by atoms with Crippen molar-refractivity contribution in [3.63, 3.8) is 0 Å². The second-order valence-corrected chi connectivity index (χ2v) is 4.89. The molecule has 2 aromatic rings. The fraction of sp³-hybridized carbons (Fsp3) is 0.250. The van der Waals surface area contributed by atoms with E-state index in [1.807, 2.05) is 31.2 Å². The summed E-state index contributed by atoms with van der Waals surface area (Å²) >= 11 is 0. The van der Waals surface area contributed by atoms with Gasteiger partial charge in [0, 0.05) is 17.6 Å². The van der Waals surface area contributed by atoms with Gasteiger partial charge in [0.15, 0.2) is 11.5 Å². The summed E-state index contributed by atoms with van der Waals surface area (Å²) in [7, 11) is 0. The standard InChI is InChI=1S/C16H16N2O3/c1-11-8-13(4-5-17-11)18-16(19)10-12-2-3-14-15(9-12)21-7-6-20-14/h2-5,8-9H,6-7,10H2,1H3,(H,17,18,19). The third-order valence-electron chi connectivity index (χ3n) is 3.15. The maximum Gasteiger partial charge on any atom is 0.228 e. The molecule has 5 heteroatoms. The van der Waals surface area contributed by atoms with Crippen LogP contribution in [0.5, 0.6) is 11.5 Å². The van der Waals surface area contributed by atoms with Crippen molar-refractivity contribution in [3.05, 3.63) is 47.8 Å². The number of amides is 1.